The fourth-order valence-corrected chi connectivity index (χ4v) is 3.81. The van der Waals surface area contributed by atoms with Crippen molar-refractivity contribution >= 4 is 11.8 Å². The highest BCUT2D eigenvalue weighted by Gasteiger charge is 2.36. The molecule has 2 aromatic carbocycles. The number of fused-ring (bicyclic) bond motifs is 3. The number of benzene rings is 2. The Morgan fingerprint density at radius 3 is 2.79 bits per heavy atom. The van der Waals surface area contributed by atoms with Gasteiger partial charge in [-0.05, 0) is 30.0 Å². The van der Waals surface area contributed by atoms with Crippen LogP contribution in [0.3, 0.4) is 0 Å². The Morgan fingerprint density at radius 1 is 1.12 bits per heavy atom. The van der Waals surface area contributed by atoms with Gasteiger partial charge in [0.15, 0.2) is 0 Å². The Labute approximate surface area is 142 Å². The first kappa shape index (κ1) is 15.1. The normalized spacial score (nSPS) is 22.1. The summed E-state index contributed by atoms with van der Waals surface area (Å²) in [5, 5.41) is 3.59. The minimum Gasteiger partial charge on any atom is -0.445 e. The molecule has 124 valence electrons. The maximum absolute atomic E-state index is 12.5. The summed E-state index contributed by atoms with van der Waals surface area (Å²) in [5.41, 5.74) is 3.62. The molecule has 1 N–H and O–H groups in total. The molecule has 4 nitrogen and oxygen atoms in total. The van der Waals surface area contributed by atoms with E-state index in [9.17, 15) is 4.79 Å². The summed E-state index contributed by atoms with van der Waals surface area (Å²) in [6.07, 6.45) is 1.91. The lowest BCUT2D eigenvalue weighted by Crippen LogP contribution is -2.39. The summed E-state index contributed by atoms with van der Waals surface area (Å²) < 4.78 is 5.51. The number of likely N-dealkylation sites (tertiary alicyclic amines) is 1. The van der Waals surface area contributed by atoms with Crippen molar-refractivity contribution in [2.75, 3.05) is 18.4 Å². The van der Waals surface area contributed by atoms with Crippen LogP contribution in [0, 0.1) is 0 Å². The summed E-state index contributed by atoms with van der Waals surface area (Å²) in [7, 11) is 0. The highest BCUT2D eigenvalue weighted by atomic mass is 16.6. The molecule has 0 radical (unpaired) electrons. The quantitative estimate of drug-likeness (QED) is 0.909. The van der Waals surface area contributed by atoms with Gasteiger partial charge in [0.2, 0.25) is 0 Å². The van der Waals surface area contributed by atoms with E-state index in [-0.39, 0.29) is 12.1 Å². The van der Waals surface area contributed by atoms with Crippen LogP contribution in [0.4, 0.5) is 10.5 Å². The number of carbonyl (C=O) groups excluding carboxylic acids is 1. The summed E-state index contributed by atoms with van der Waals surface area (Å²) in [6.45, 7) is 1.80. The summed E-state index contributed by atoms with van der Waals surface area (Å²) in [6, 6.07) is 18.6. The van der Waals surface area contributed by atoms with Gasteiger partial charge in [-0.15, -0.1) is 0 Å². The Kier molecular flexibility index (Phi) is 4.11. The fourth-order valence-electron chi connectivity index (χ4n) is 3.81. The van der Waals surface area contributed by atoms with Gasteiger partial charge in [-0.3, -0.25) is 0 Å². The average Bonchev–Trinajstić information content (AvgIpc) is 2.83. The molecule has 2 aliphatic rings. The zero-order chi connectivity index (χ0) is 16.4. The first-order chi connectivity index (χ1) is 11.8. The van der Waals surface area contributed by atoms with Crippen molar-refractivity contribution in [3.05, 3.63) is 65.7 Å². The van der Waals surface area contributed by atoms with Crippen molar-refractivity contribution in [1.29, 1.82) is 0 Å². The standard InChI is InChI=1S/C20H22N2O2/c23-20(24-14-15-7-2-1-3-8-15)22-12-6-10-17-16-9-4-5-11-18(16)21-19(17)13-22/h1-5,7-9,11,17,19,21H,6,10,12-14H2/t17-,19-/m1/s1. The molecule has 4 heteroatoms. The monoisotopic (exact) mass is 322 g/mol. The highest BCUT2D eigenvalue weighted by molar-refractivity contribution is 5.68. The smallest absolute Gasteiger partial charge is 0.410 e. The maximum atomic E-state index is 12.5. The average molecular weight is 322 g/mol. The number of nitrogens with one attached hydrogen (secondary N) is 1. The molecule has 1 saturated heterocycles. The lowest BCUT2D eigenvalue weighted by Gasteiger charge is -2.24. The van der Waals surface area contributed by atoms with E-state index in [1.165, 1.54) is 11.3 Å². The molecule has 4 rings (SSSR count). The lowest BCUT2D eigenvalue weighted by atomic mass is 9.91. The molecule has 0 unspecified atom stereocenters. The van der Waals surface area contributed by atoms with Crippen molar-refractivity contribution in [3.8, 4) is 0 Å². The number of nitrogens with zero attached hydrogens (tertiary/aromatic N) is 1. The van der Waals surface area contributed by atoms with Gasteiger partial charge in [0.25, 0.3) is 0 Å². The summed E-state index contributed by atoms with van der Waals surface area (Å²) in [4.78, 5) is 14.3. The Bertz CT molecular complexity index is 717. The van der Waals surface area contributed by atoms with Crippen LogP contribution < -0.4 is 5.32 Å². The maximum Gasteiger partial charge on any atom is 0.410 e. The second-order valence-corrected chi connectivity index (χ2v) is 6.57. The van der Waals surface area contributed by atoms with Crippen LogP contribution in [0.2, 0.25) is 0 Å². The van der Waals surface area contributed by atoms with E-state index in [1.54, 1.807) is 0 Å². The SMILES string of the molecule is O=C(OCc1ccccc1)N1CCC[C@@H]2c3ccccc3N[C@@H]2C1. The third-order valence-electron chi connectivity index (χ3n) is 5.01. The topological polar surface area (TPSA) is 41.6 Å². The van der Waals surface area contributed by atoms with Crippen LogP contribution in [0.15, 0.2) is 54.6 Å². The molecule has 0 bridgehead atoms. The van der Waals surface area contributed by atoms with Crippen LogP contribution in [0.25, 0.3) is 0 Å². The van der Waals surface area contributed by atoms with Crippen LogP contribution in [-0.2, 0) is 11.3 Å². The van der Waals surface area contributed by atoms with Crippen molar-refractivity contribution in [3.63, 3.8) is 0 Å². The molecule has 0 aliphatic carbocycles. The number of ether oxygens (including phenoxy) is 1. The molecular weight excluding hydrogens is 300 g/mol. The molecule has 0 spiro atoms. The van der Waals surface area contributed by atoms with Gasteiger partial charge < -0.3 is 15.0 Å². The van der Waals surface area contributed by atoms with Gasteiger partial charge in [0, 0.05) is 24.7 Å². The highest BCUT2D eigenvalue weighted by Crippen LogP contribution is 2.40. The zero-order valence-corrected chi connectivity index (χ0v) is 13.7. The van der Waals surface area contributed by atoms with Gasteiger partial charge in [0.1, 0.15) is 6.61 Å². The van der Waals surface area contributed by atoms with Crippen molar-refractivity contribution in [2.24, 2.45) is 0 Å². The minimum absolute atomic E-state index is 0.211. The molecule has 24 heavy (non-hydrogen) atoms. The first-order valence-electron chi connectivity index (χ1n) is 8.62. The van der Waals surface area contributed by atoms with E-state index in [4.69, 9.17) is 4.74 Å². The number of rotatable bonds is 2. The van der Waals surface area contributed by atoms with Gasteiger partial charge >= 0.3 is 6.09 Å². The van der Waals surface area contributed by atoms with Gasteiger partial charge in [-0.25, -0.2) is 4.79 Å². The van der Waals surface area contributed by atoms with Crippen molar-refractivity contribution in [1.82, 2.24) is 4.90 Å². The third-order valence-corrected chi connectivity index (χ3v) is 5.01. The zero-order valence-electron chi connectivity index (χ0n) is 13.7. The largest absolute Gasteiger partial charge is 0.445 e. The predicted octanol–water partition coefficient (Wildman–Crippen LogP) is 4.00. The van der Waals surface area contributed by atoms with Crippen LogP contribution in [0.5, 0.6) is 0 Å². The van der Waals surface area contributed by atoms with E-state index in [1.807, 2.05) is 35.2 Å². The van der Waals surface area contributed by atoms with Crippen LogP contribution >= 0.6 is 0 Å². The Balaban J connectivity index is 1.40. The number of carbonyl (C=O) groups is 1. The predicted molar refractivity (Wildman–Crippen MR) is 94.0 cm³/mol. The van der Waals surface area contributed by atoms with Crippen molar-refractivity contribution in [2.45, 2.75) is 31.4 Å². The summed E-state index contributed by atoms with van der Waals surface area (Å²) >= 11 is 0. The second-order valence-electron chi connectivity index (χ2n) is 6.57. The van der Waals surface area contributed by atoms with E-state index < -0.39 is 0 Å². The number of hydrogen-bond acceptors (Lipinski definition) is 3. The van der Waals surface area contributed by atoms with Crippen LogP contribution in [-0.4, -0.2) is 30.1 Å². The number of anilines is 1. The second kappa shape index (κ2) is 6.56. The Morgan fingerprint density at radius 2 is 1.92 bits per heavy atom. The van der Waals surface area contributed by atoms with Gasteiger partial charge in [-0.1, -0.05) is 48.5 Å². The fraction of sp³-hybridized carbons (Fsp3) is 0.350. The van der Waals surface area contributed by atoms with E-state index in [0.29, 0.717) is 19.1 Å². The molecule has 1 amide bonds. The molecule has 2 heterocycles. The van der Waals surface area contributed by atoms with E-state index >= 15 is 0 Å². The molecule has 2 aliphatic heterocycles. The molecular formula is C20H22N2O2. The third kappa shape index (κ3) is 2.96. The Hall–Kier alpha value is -2.49. The lowest BCUT2D eigenvalue weighted by molar-refractivity contribution is 0.0965. The van der Waals surface area contributed by atoms with Crippen LogP contribution in [0.1, 0.15) is 29.9 Å². The molecule has 2 atom stereocenters. The first-order valence-corrected chi connectivity index (χ1v) is 8.62. The van der Waals surface area contributed by atoms with E-state index in [2.05, 4.69) is 29.6 Å². The van der Waals surface area contributed by atoms with Gasteiger partial charge in [0.05, 0.1) is 6.04 Å². The number of hydrogen-bond donors (Lipinski definition) is 1. The van der Waals surface area contributed by atoms with Crippen molar-refractivity contribution < 1.29 is 9.53 Å². The molecule has 0 saturated carbocycles. The summed E-state index contributed by atoms with van der Waals surface area (Å²) in [5.74, 6) is 0.494. The molecule has 0 aromatic heterocycles. The minimum atomic E-state index is -0.211. The number of para-hydroxylation sites is 1. The molecule has 1 fully saturated rings. The van der Waals surface area contributed by atoms with E-state index in [0.717, 1.165) is 24.9 Å². The van der Waals surface area contributed by atoms with Gasteiger partial charge in [-0.2, -0.15) is 0 Å². The number of amides is 1. The molecule has 2 aromatic rings.